The van der Waals surface area contributed by atoms with Gasteiger partial charge in [0, 0.05) is 40.2 Å². The van der Waals surface area contributed by atoms with Crippen LogP contribution in [0, 0.1) is 13.8 Å². The zero-order valence-electron chi connectivity index (χ0n) is 15.0. The summed E-state index contributed by atoms with van der Waals surface area (Å²) in [5.41, 5.74) is 9.93. The number of hydrazone groups is 1. The summed E-state index contributed by atoms with van der Waals surface area (Å²) in [5.74, 6) is 0. The second-order valence-corrected chi connectivity index (χ2v) is 7.21. The van der Waals surface area contributed by atoms with E-state index in [-0.39, 0.29) is 0 Å². The van der Waals surface area contributed by atoms with Gasteiger partial charge in [0.05, 0.1) is 11.9 Å². The molecule has 0 bridgehead atoms. The van der Waals surface area contributed by atoms with Crippen LogP contribution < -0.4 is 5.43 Å². The highest BCUT2D eigenvalue weighted by Gasteiger charge is 2.09. The number of nitrogens with one attached hydrogen (secondary N) is 1. The Bertz CT molecular complexity index is 1090. The fourth-order valence-electron chi connectivity index (χ4n) is 3.05. The van der Waals surface area contributed by atoms with Crippen LogP contribution in [0.1, 0.15) is 16.8 Å². The van der Waals surface area contributed by atoms with Crippen LogP contribution in [-0.2, 0) is 7.05 Å². The Hall–Kier alpha value is -2.92. The molecule has 0 aliphatic carbocycles. The monoisotopic (exact) mass is 360 g/mol. The van der Waals surface area contributed by atoms with Gasteiger partial charge < -0.3 is 4.57 Å². The van der Waals surface area contributed by atoms with Crippen molar-refractivity contribution in [3.63, 3.8) is 0 Å². The van der Waals surface area contributed by atoms with E-state index >= 15 is 0 Å². The largest absolute Gasteiger partial charge is 0.347 e. The number of hydrogen-bond donors (Lipinski definition) is 1. The molecule has 2 heterocycles. The third-order valence-electron chi connectivity index (χ3n) is 4.65. The molecule has 2 aromatic heterocycles. The molecule has 0 amide bonds. The summed E-state index contributed by atoms with van der Waals surface area (Å²) >= 11 is 1.56. The quantitative estimate of drug-likeness (QED) is 0.393. The molecule has 1 N–H and O–H groups in total. The molecular formula is C21H20N4S. The maximum absolute atomic E-state index is 4.62. The normalized spacial score (nSPS) is 11.5. The smallest absolute Gasteiger partial charge is 0.203 e. The molecule has 130 valence electrons. The number of rotatable bonds is 4. The minimum Gasteiger partial charge on any atom is -0.347 e. The van der Waals surface area contributed by atoms with Gasteiger partial charge in [0.2, 0.25) is 5.13 Å². The lowest BCUT2D eigenvalue weighted by Gasteiger charge is -1.98. The van der Waals surface area contributed by atoms with E-state index in [2.05, 4.69) is 89.5 Å². The molecule has 26 heavy (non-hydrogen) atoms. The van der Waals surface area contributed by atoms with Crippen LogP contribution >= 0.6 is 11.3 Å². The van der Waals surface area contributed by atoms with Crippen molar-refractivity contribution in [1.82, 2.24) is 9.55 Å². The Balaban J connectivity index is 1.55. The van der Waals surface area contributed by atoms with Gasteiger partial charge in [-0.25, -0.2) is 4.98 Å². The highest BCUT2D eigenvalue weighted by molar-refractivity contribution is 7.14. The molecule has 5 heteroatoms. The zero-order chi connectivity index (χ0) is 18.1. The number of aromatic nitrogens is 2. The fourth-order valence-corrected chi connectivity index (χ4v) is 3.72. The molecule has 0 aliphatic rings. The molecule has 2 aromatic carbocycles. The highest BCUT2D eigenvalue weighted by Crippen LogP contribution is 2.26. The Labute approximate surface area is 156 Å². The van der Waals surface area contributed by atoms with E-state index in [0.717, 1.165) is 22.0 Å². The molecule has 4 rings (SSSR count). The van der Waals surface area contributed by atoms with Crippen LogP contribution in [0.15, 0.2) is 59.0 Å². The summed E-state index contributed by atoms with van der Waals surface area (Å²) in [6.45, 7) is 4.20. The minimum absolute atomic E-state index is 0.787. The SMILES string of the molecule is Cc1ccc(-c2csc(N/N=C\c3c(C)n(C)c4ccccc34)n2)cc1. The average Bonchev–Trinajstić information content (AvgIpc) is 3.22. The van der Waals surface area contributed by atoms with E-state index in [1.165, 1.54) is 22.2 Å². The van der Waals surface area contributed by atoms with Crippen molar-refractivity contribution in [3.05, 3.63) is 70.7 Å². The van der Waals surface area contributed by atoms with Crippen molar-refractivity contribution in [2.75, 3.05) is 5.43 Å². The fraction of sp³-hybridized carbons (Fsp3) is 0.143. The first-order chi connectivity index (χ1) is 12.6. The highest BCUT2D eigenvalue weighted by atomic mass is 32.1. The van der Waals surface area contributed by atoms with Crippen molar-refractivity contribution < 1.29 is 0 Å². The summed E-state index contributed by atoms with van der Waals surface area (Å²) in [4.78, 5) is 4.62. The number of thiazole rings is 1. The molecule has 0 radical (unpaired) electrons. The van der Waals surface area contributed by atoms with E-state index < -0.39 is 0 Å². The predicted octanol–water partition coefficient (Wildman–Crippen LogP) is 5.36. The summed E-state index contributed by atoms with van der Waals surface area (Å²) in [7, 11) is 2.08. The van der Waals surface area contributed by atoms with E-state index in [0.29, 0.717) is 0 Å². The van der Waals surface area contributed by atoms with Gasteiger partial charge in [-0.2, -0.15) is 5.10 Å². The molecular weight excluding hydrogens is 340 g/mol. The molecule has 0 saturated carbocycles. The molecule has 4 aromatic rings. The lowest BCUT2D eigenvalue weighted by Crippen LogP contribution is -1.94. The van der Waals surface area contributed by atoms with Crippen LogP contribution in [0.25, 0.3) is 22.2 Å². The number of aryl methyl sites for hydroxylation is 2. The molecule has 0 saturated heterocycles. The van der Waals surface area contributed by atoms with Gasteiger partial charge in [0.15, 0.2) is 0 Å². The molecule has 0 fully saturated rings. The molecule has 0 aliphatic heterocycles. The van der Waals surface area contributed by atoms with Crippen LogP contribution in [-0.4, -0.2) is 15.8 Å². The van der Waals surface area contributed by atoms with Gasteiger partial charge in [-0.3, -0.25) is 5.43 Å². The molecule has 4 nitrogen and oxygen atoms in total. The van der Waals surface area contributed by atoms with Crippen molar-refractivity contribution in [2.24, 2.45) is 12.1 Å². The number of anilines is 1. The number of nitrogens with zero attached hydrogens (tertiary/aromatic N) is 3. The first-order valence-electron chi connectivity index (χ1n) is 8.49. The topological polar surface area (TPSA) is 42.2 Å². The summed E-state index contributed by atoms with van der Waals surface area (Å²) in [6, 6.07) is 16.8. The molecule has 0 spiro atoms. The lowest BCUT2D eigenvalue weighted by molar-refractivity contribution is 0.916. The van der Waals surface area contributed by atoms with Crippen molar-refractivity contribution >= 4 is 33.6 Å². The van der Waals surface area contributed by atoms with Crippen LogP contribution in [0.5, 0.6) is 0 Å². The summed E-state index contributed by atoms with van der Waals surface area (Å²) in [5, 5.41) is 8.46. The Morgan fingerprint density at radius 3 is 2.65 bits per heavy atom. The number of fused-ring (bicyclic) bond motifs is 1. The van der Waals surface area contributed by atoms with Gasteiger partial charge >= 0.3 is 0 Å². The first kappa shape index (κ1) is 16.5. The minimum atomic E-state index is 0.787. The van der Waals surface area contributed by atoms with Crippen molar-refractivity contribution in [2.45, 2.75) is 13.8 Å². The van der Waals surface area contributed by atoms with Crippen LogP contribution in [0.4, 0.5) is 5.13 Å². The Morgan fingerprint density at radius 2 is 1.85 bits per heavy atom. The number of hydrogen-bond acceptors (Lipinski definition) is 4. The van der Waals surface area contributed by atoms with Gasteiger partial charge in [0.1, 0.15) is 0 Å². The van der Waals surface area contributed by atoms with E-state index in [1.54, 1.807) is 11.3 Å². The molecule has 0 atom stereocenters. The average molecular weight is 360 g/mol. The van der Waals surface area contributed by atoms with Crippen molar-refractivity contribution in [3.8, 4) is 11.3 Å². The lowest BCUT2D eigenvalue weighted by atomic mass is 10.1. The van der Waals surface area contributed by atoms with E-state index in [4.69, 9.17) is 0 Å². The number of para-hydroxylation sites is 1. The van der Waals surface area contributed by atoms with Crippen molar-refractivity contribution in [1.29, 1.82) is 0 Å². The second kappa shape index (κ2) is 6.77. The van der Waals surface area contributed by atoms with Gasteiger partial charge in [-0.1, -0.05) is 48.0 Å². The predicted molar refractivity (Wildman–Crippen MR) is 111 cm³/mol. The van der Waals surface area contributed by atoms with Crippen LogP contribution in [0.2, 0.25) is 0 Å². The third kappa shape index (κ3) is 3.02. The zero-order valence-corrected chi connectivity index (χ0v) is 15.8. The van der Waals surface area contributed by atoms with Crippen LogP contribution in [0.3, 0.4) is 0 Å². The standard InChI is InChI=1S/C21H20N4S/c1-14-8-10-16(11-9-14)19-13-26-21(23-19)24-22-12-18-15(2)25(3)20-7-5-4-6-17(18)20/h4-13H,1-3H3,(H,23,24)/b22-12-. The van der Waals surface area contributed by atoms with E-state index in [9.17, 15) is 0 Å². The second-order valence-electron chi connectivity index (χ2n) is 6.35. The number of benzene rings is 2. The molecule has 0 unspecified atom stereocenters. The Kier molecular flexibility index (Phi) is 4.31. The maximum atomic E-state index is 4.62. The summed E-state index contributed by atoms with van der Waals surface area (Å²) in [6.07, 6.45) is 1.88. The maximum Gasteiger partial charge on any atom is 0.203 e. The third-order valence-corrected chi connectivity index (χ3v) is 5.40. The van der Waals surface area contributed by atoms with Gasteiger partial charge in [0.25, 0.3) is 0 Å². The summed E-state index contributed by atoms with van der Waals surface area (Å²) < 4.78 is 2.19. The van der Waals surface area contributed by atoms with E-state index in [1.807, 2.05) is 11.6 Å². The first-order valence-corrected chi connectivity index (χ1v) is 9.37. The van der Waals surface area contributed by atoms with Gasteiger partial charge in [-0.05, 0) is 19.9 Å². The van der Waals surface area contributed by atoms with Gasteiger partial charge in [-0.15, -0.1) is 11.3 Å². The Morgan fingerprint density at radius 1 is 1.08 bits per heavy atom.